The smallest absolute Gasteiger partial charge is 0.154 e. The maximum Gasteiger partial charge on any atom is 0.154 e. The fourth-order valence-corrected chi connectivity index (χ4v) is 3.14. The van der Waals surface area contributed by atoms with Crippen molar-refractivity contribution in [2.75, 3.05) is 11.1 Å². The average molecular weight is 357 g/mol. The van der Waals surface area contributed by atoms with E-state index in [-0.39, 0.29) is 0 Å². The van der Waals surface area contributed by atoms with Crippen LogP contribution in [0.5, 0.6) is 0 Å². The van der Waals surface area contributed by atoms with Gasteiger partial charge in [-0.3, -0.25) is 0 Å². The predicted octanol–water partition coefficient (Wildman–Crippen LogP) is 4.78. The van der Waals surface area contributed by atoms with Crippen LogP contribution in [0.3, 0.4) is 0 Å². The third-order valence-corrected chi connectivity index (χ3v) is 4.88. The molecule has 0 atom stereocenters. The van der Waals surface area contributed by atoms with Crippen molar-refractivity contribution in [3.63, 3.8) is 0 Å². The highest BCUT2D eigenvalue weighted by atomic mass is 35.5. The Kier molecular flexibility index (Phi) is 5.23. The predicted molar refractivity (Wildman–Crippen MR) is 101 cm³/mol. The number of anilines is 2. The zero-order chi connectivity index (χ0) is 16.9. The van der Waals surface area contributed by atoms with Crippen LogP contribution in [0.4, 0.5) is 11.5 Å². The summed E-state index contributed by atoms with van der Waals surface area (Å²) in [5.74, 6) is 0.611. The molecule has 24 heavy (non-hydrogen) atoms. The van der Waals surface area contributed by atoms with Crippen LogP contribution < -0.4 is 11.1 Å². The number of hydrogen-bond acceptors (Lipinski definition) is 5. The second-order valence-electron chi connectivity index (χ2n) is 5.30. The van der Waals surface area contributed by atoms with Crippen LogP contribution in [-0.4, -0.2) is 9.97 Å². The Morgan fingerprint density at radius 1 is 1.08 bits per heavy atom. The van der Waals surface area contributed by atoms with E-state index in [1.165, 1.54) is 23.7 Å². The third-order valence-electron chi connectivity index (χ3n) is 3.49. The first-order valence-corrected chi connectivity index (χ1v) is 8.65. The fraction of sp³-hybridized carbons (Fsp3) is 0.111. The van der Waals surface area contributed by atoms with Gasteiger partial charge in [0.25, 0.3) is 0 Å². The molecule has 0 amide bonds. The fourth-order valence-electron chi connectivity index (χ4n) is 2.14. The van der Waals surface area contributed by atoms with E-state index in [2.05, 4.69) is 46.5 Å². The summed E-state index contributed by atoms with van der Waals surface area (Å²) < 4.78 is 0. The number of benzene rings is 2. The molecule has 0 aliphatic heterocycles. The van der Waals surface area contributed by atoms with E-state index in [4.69, 9.17) is 17.3 Å². The van der Waals surface area contributed by atoms with Gasteiger partial charge in [0.1, 0.15) is 17.0 Å². The van der Waals surface area contributed by atoms with E-state index in [9.17, 15) is 0 Å². The summed E-state index contributed by atoms with van der Waals surface area (Å²) in [6, 6.07) is 15.9. The number of nitrogen functional groups attached to an aromatic ring is 1. The molecule has 0 aliphatic rings. The summed E-state index contributed by atoms with van der Waals surface area (Å²) in [5, 5.41) is 4.68. The van der Waals surface area contributed by atoms with E-state index in [0.717, 1.165) is 15.5 Å². The lowest BCUT2D eigenvalue weighted by molar-refractivity contribution is 1.03. The number of rotatable bonds is 5. The Morgan fingerprint density at radius 3 is 2.58 bits per heavy atom. The Morgan fingerprint density at radius 2 is 1.83 bits per heavy atom. The molecule has 3 rings (SSSR count). The molecule has 2 aromatic carbocycles. The van der Waals surface area contributed by atoms with E-state index in [0.29, 0.717) is 23.1 Å². The zero-order valence-corrected chi connectivity index (χ0v) is 14.7. The van der Waals surface area contributed by atoms with E-state index in [1.807, 2.05) is 24.3 Å². The molecular formula is C18H17ClN4S. The topological polar surface area (TPSA) is 63.8 Å². The maximum absolute atomic E-state index is 6.22. The second-order valence-corrected chi connectivity index (χ2v) is 6.77. The number of nitrogens with zero attached hydrogens (tertiary/aromatic N) is 2. The average Bonchev–Trinajstić information content (AvgIpc) is 2.59. The number of halogens is 1. The molecular weight excluding hydrogens is 340 g/mol. The quantitative estimate of drug-likeness (QED) is 0.644. The molecule has 3 aromatic rings. The van der Waals surface area contributed by atoms with Gasteiger partial charge in [0.15, 0.2) is 5.82 Å². The van der Waals surface area contributed by atoms with Crippen molar-refractivity contribution < 1.29 is 0 Å². The van der Waals surface area contributed by atoms with Crippen molar-refractivity contribution >= 4 is 34.9 Å². The molecule has 0 fully saturated rings. The van der Waals surface area contributed by atoms with Crippen molar-refractivity contribution in [2.24, 2.45) is 0 Å². The molecule has 0 bridgehead atoms. The van der Waals surface area contributed by atoms with E-state index < -0.39 is 0 Å². The SMILES string of the molecule is Cc1ccc(Sc2ncnc(NCc3ccccc3Cl)c2N)cc1. The Labute approximate surface area is 150 Å². The molecule has 0 saturated carbocycles. The number of nitrogens with one attached hydrogen (secondary N) is 1. The summed E-state index contributed by atoms with van der Waals surface area (Å²) in [4.78, 5) is 9.61. The Balaban J connectivity index is 1.75. The first-order chi connectivity index (χ1) is 11.6. The van der Waals surface area contributed by atoms with Crippen LogP contribution in [0.15, 0.2) is 64.8 Å². The van der Waals surface area contributed by atoms with Crippen molar-refractivity contribution in [1.82, 2.24) is 9.97 Å². The van der Waals surface area contributed by atoms with Crippen molar-refractivity contribution in [3.8, 4) is 0 Å². The number of hydrogen-bond donors (Lipinski definition) is 2. The van der Waals surface area contributed by atoms with Gasteiger partial charge in [-0.05, 0) is 30.7 Å². The van der Waals surface area contributed by atoms with Gasteiger partial charge in [-0.15, -0.1) is 0 Å². The first-order valence-electron chi connectivity index (χ1n) is 7.46. The normalized spacial score (nSPS) is 10.6. The van der Waals surface area contributed by atoms with Crippen LogP contribution in [0, 0.1) is 6.92 Å². The van der Waals surface area contributed by atoms with Gasteiger partial charge in [0.2, 0.25) is 0 Å². The molecule has 0 aliphatic carbocycles. The summed E-state index contributed by atoms with van der Waals surface area (Å²) in [7, 11) is 0. The van der Waals surface area contributed by atoms with Gasteiger partial charge in [0, 0.05) is 16.5 Å². The third kappa shape index (κ3) is 3.99. The molecule has 0 unspecified atom stereocenters. The molecule has 4 nitrogen and oxygen atoms in total. The largest absolute Gasteiger partial charge is 0.394 e. The summed E-state index contributed by atoms with van der Waals surface area (Å²) in [6.45, 7) is 2.61. The molecule has 0 spiro atoms. The van der Waals surface area contributed by atoms with Crippen LogP contribution in [-0.2, 0) is 6.54 Å². The first kappa shape index (κ1) is 16.6. The van der Waals surface area contributed by atoms with Crippen molar-refractivity contribution in [1.29, 1.82) is 0 Å². The molecule has 122 valence electrons. The lowest BCUT2D eigenvalue weighted by atomic mass is 10.2. The Bertz CT molecular complexity index is 837. The van der Waals surface area contributed by atoms with Crippen LogP contribution in [0.1, 0.15) is 11.1 Å². The van der Waals surface area contributed by atoms with Crippen LogP contribution in [0.2, 0.25) is 5.02 Å². The highest BCUT2D eigenvalue weighted by molar-refractivity contribution is 7.99. The van der Waals surface area contributed by atoms with Gasteiger partial charge in [-0.25, -0.2) is 9.97 Å². The standard InChI is InChI=1S/C18H17ClN4S/c1-12-6-8-14(9-7-12)24-18-16(20)17(22-11-23-18)21-10-13-4-2-3-5-15(13)19/h2-9,11H,10,20H2,1H3,(H,21,22,23). The maximum atomic E-state index is 6.22. The minimum absolute atomic E-state index is 0.537. The zero-order valence-electron chi connectivity index (χ0n) is 13.2. The summed E-state index contributed by atoms with van der Waals surface area (Å²) >= 11 is 7.69. The molecule has 0 saturated heterocycles. The second kappa shape index (κ2) is 7.55. The van der Waals surface area contributed by atoms with E-state index in [1.54, 1.807) is 0 Å². The van der Waals surface area contributed by atoms with Gasteiger partial charge >= 0.3 is 0 Å². The van der Waals surface area contributed by atoms with Crippen LogP contribution in [0.25, 0.3) is 0 Å². The molecule has 6 heteroatoms. The van der Waals surface area contributed by atoms with Gasteiger partial charge in [-0.2, -0.15) is 0 Å². The number of nitrogens with two attached hydrogens (primary N) is 1. The van der Waals surface area contributed by atoms with Crippen molar-refractivity contribution in [3.05, 3.63) is 71.0 Å². The van der Waals surface area contributed by atoms with Gasteiger partial charge in [-0.1, -0.05) is 59.3 Å². The van der Waals surface area contributed by atoms with Crippen LogP contribution >= 0.6 is 23.4 Å². The molecule has 1 heterocycles. The lowest BCUT2D eigenvalue weighted by Gasteiger charge is -2.11. The summed E-state index contributed by atoms with van der Waals surface area (Å²) in [6.07, 6.45) is 1.52. The highest BCUT2D eigenvalue weighted by Crippen LogP contribution is 2.33. The minimum Gasteiger partial charge on any atom is -0.394 e. The molecule has 3 N–H and O–H groups in total. The molecule has 0 radical (unpaired) electrons. The van der Waals surface area contributed by atoms with E-state index >= 15 is 0 Å². The monoisotopic (exact) mass is 356 g/mol. The summed E-state index contributed by atoms with van der Waals surface area (Å²) in [5.41, 5.74) is 8.97. The minimum atomic E-state index is 0.537. The number of aromatic nitrogens is 2. The molecule has 1 aromatic heterocycles. The Hall–Kier alpha value is -2.24. The number of aryl methyl sites for hydroxylation is 1. The highest BCUT2D eigenvalue weighted by Gasteiger charge is 2.10. The lowest BCUT2D eigenvalue weighted by Crippen LogP contribution is -2.06. The van der Waals surface area contributed by atoms with Gasteiger partial charge in [0.05, 0.1) is 0 Å². The van der Waals surface area contributed by atoms with Crippen molar-refractivity contribution in [2.45, 2.75) is 23.4 Å². The van der Waals surface area contributed by atoms with Gasteiger partial charge < -0.3 is 11.1 Å².